The standard InChI is InChI=1S/C15H14Cl3NO.ClH/c1-2-20-15-13(17)6-10(7-14(15)18)9-19-12-5-3-4-11(16)8-12;/h3-8,19H,2,9H2,1H3;1H. The third-order valence-corrected chi connectivity index (χ3v) is 3.46. The maximum absolute atomic E-state index is 6.16. The number of hydrogen-bond donors (Lipinski definition) is 1. The van der Waals surface area contributed by atoms with Crippen LogP contribution in [-0.4, -0.2) is 6.61 Å². The zero-order chi connectivity index (χ0) is 14.5. The topological polar surface area (TPSA) is 21.3 Å². The molecule has 0 heterocycles. The molecular weight excluding hydrogens is 352 g/mol. The first-order valence-corrected chi connectivity index (χ1v) is 7.33. The Morgan fingerprint density at radius 3 is 2.29 bits per heavy atom. The molecule has 0 aliphatic carbocycles. The molecule has 0 unspecified atom stereocenters. The molecule has 0 radical (unpaired) electrons. The van der Waals surface area contributed by atoms with Crippen LogP contribution in [0.5, 0.6) is 5.75 Å². The molecule has 114 valence electrons. The molecular formula is C15H15Cl4NO. The van der Waals surface area contributed by atoms with Crippen molar-refractivity contribution in [3.8, 4) is 5.75 Å². The first-order chi connectivity index (χ1) is 9.60. The second-order valence-corrected chi connectivity index (χ2v) is 5.44. The van der Waals surface area contributed by atoms with Gasteiger partial charge in [-0.3, -0.25) is 0 Å². The minimum absolute atomic E-state index is 0. The highest BCUT2D eigenvalue weighted by atomic mass is 35.5. The summed E-state index contributed by atoms with van der Waals surface area (Å²) in [5.41, 5.74) is 1.92. The average Bonchev–Trinajstić information content (AvgIpc) is 2.41. The number of rotatable bonds is 5. The Balaban J connectivity index is 0.00000220. The quantitative estimate of drug-likeness (QED) is 0.692. The van der Waals surface area contributed by atoms with Crippen LogP contribution in [0.1, 0.15) is 12.5 Å². The summed E-state index contributed by atoms with van der Waals surface area (Å²) in [6.07, 6.45) is 0. The van der Waals surface area contributed by atoms with Gasteiger partial charge in [0.1, 0.15) is 0 Å². The monoisotopic (exact) mass is 365 g/mol. The van der Waals surface area contributed by atoms with E-state index < -0.39 is 0 Å². The van der Waals surface area contributed by atoms with E-state index in [0.717, 1.165) is 11.3 Å². The van der Waals surface area contributed by atoms with Crippen LogP contribution in [0.3, 0.4) is 0 Å². The lowest BCUT2D eigenvalue weighted by Gasteiger charge is -2.11. The van der Waals surface area contributed by atoms with Gasteiger partial charge in [0.2, 0.25) is 0 Å². The van der Waals surface area contributed by atoms with Gasteiger partial charge in [0, 0.05) is 17.3 Å². The van der Waals surface area contributed by atoms with Crippen LogP contribution in [0.2, 0.25) is 15.1 Å². The molecule has 0 atom stereocenters. The lowest BCUT2D eigenvalue weighted by atomic mass is 10.2. The minimum atomic E-state index is 0. The summed E-state index contributed by atoms with van der Waals surface area (Å²) in [6, 6.07) is 11.2. The highest BCUT2D eigenvalue weighted by molar-refractivity contribution is 6.37. The molecule has 0 bridgehead atoms. The van der Waals surface area contributed by atoms with Crippen molar-refractivity contribution in [2.24, 2.45) is 0 Å². The normalized spacial score (nSPS) is 9.90. The summed E-state index contributed by atoms with van der Waals surface area (Å²) in [6.45, 7) is 3.02. The van der Waals surface area contributed by atoms with Gasteiger partial charge in [0.25, 0.3) is 0 Å². The first kappa shape index (κ1) is 18.2. The zero-order valence-electron chi connectivity index (χ0n) is 11.3. The molecule has 2 aromatic rings. The van der Waals surface area contributed by atoms with Gasteiger partial charge < -0.3 is 10.1 Å². The van der Waals surface area contributed by atoms with Crippen LogP contribution < -0.4 is 10.1 Å². The number of nitrogens with one attached hydrogen (secondary N) is 1. The maximum atomic E-state index is 6.16. The van der Waals surface area contributed by atoms with Crippen LogP contribution in [-0.2, 0) is 6.54 Å². The van der Waals surface area contributed by atoms with Gasteiger partial charge in [0.05, 0.1) is 16.7 Å². The molecule has 0 saturated carbocycles. The first-order valence-electron chi connectivity index (χ1n) is 6.20. The molecule has 0 fully saturated rings. The number of anilines is 1. The fraction of sp³-hybridized carbons (Fsp3) is 0.200. The second-order valence-electron chi connectivity index (χ2n) is 4.19. The van der Waals surface area contributed by atoms with E-state index in [1.165, 1.54) is 0 Å². The van der Waals surface area contributed by atoms with E-state index in [-0.39, 0.29) is 12.4 Å². The van der Waals surface area contributed by atoms with E-state index in [1.807, 2.05) is 43.3 Å². The van der Waals surface area contributed by atoms with Crippen molar-refractivity contribution >= 4 is 52.9 Å². The lowest BCUT2D eigenvalue weighted by Crippen LogP contribution is -2.00. The Bertz CT molecular complexity index is 581. The Morgan fingerprint density at radius 1 is 1.05 bits per heavy atom. The third kappa shape index (κ3) is 5.15. The highest BCUT2D eigenvalue weighted by Crippen LogP contribution is 2.34. The van der Waals surface area contributed by atoms with Crippen LogP contribution in [0.4, 0.5) is 5.69 Å². The SMILES string of the molecule is CCOc1c(Cl)cc(CNc2cccc(Cl)c2)cc1Cl.Cl. The van der Waals surface area contributed by atoms with Crippen LogP contribution >= 0.6 is 47.2 Å². The fourth-order valence-electron chi connectivity index (χ4n) is 1.80. The smallest absolute Gasteiger partial charge is 0.156 e. The number of halogens is 4. The van der Waals surface area contributed by atoms with Gasteiger partial charge in [-0.1, -0.05) is 40.9 Å². The molecule has 6 heteroatoms. The van der Waals surface area contributed by atoms with Gasteiger partial charge in [-0.2, -0.15) is 0 Å². The Hall–Kier alpha value is -0.800. The van der Waals surface area contributed by atoms with E-state index in [2.05, 4.69) is 5.32 Å². The van der Waals surface area contributed by atoms with Crippen molar-refractivity contribution in [1.82, 2.24) is 0 Å². The Kier molecular flexibility index (Phi) is 7.47. The number of ether oxygens (including phenoxy) is 1. The minimum Gasteiger partial charge on any atom is -0.491 e. The summed E-state index contributed by atoms with van der Waals surface area (Å²) in [4.78, 5) is 0. The second kappa shape index (κ2) is 8.60. The Labute approximate surface area is 145 Å². The summed E-state index contributed by atoms with van der Waals surface area (Å²) >= 11 is 18.3. The van der Waals surface area contributed by atoms with Crippen LogP contribution in [0.15, 0.2) is 36.4 Å². The summed E-state index contributed by atoms with van der Waals surface area (Å²) in [5, 5.41) is 4.99. The number of hydrogen-bond acceptors (Lipinski definition) is 2. The molecule has 1 N–H and O–H groups in total. The number of benzene rings is 2. The molecule has 0 aliphatic heterocycles. The molecule has 21 heavy (non-hydrogen) atoms. The molecule has 0 aliphatic rings. The average molecular weight is 367 g/mol. The van der Waals surface area contributed by atoms with E-state index in [0.29, 0.717) is 34.0 Å². The van der Waals surface area contributed by atoms with E-state index in [9.17, 15) is 0 Å². The molecule has 2 aromatic carbocycles. The van der Waals surface area contributed by atoms with Gasteiger partial charge in [-0.15, -0.1) is 12.4 Å². The van der Waals surface area contributed by atoms with Crippen molar-refractivity contribution < 1.29 is 4.74 Å². The van der Waals surface area contributed by atoms with Gasteiger partial charge in [0.15, 0.2) is 5.75 Å². The summed E-state index contributed by atoms with van der Waals surface area (Å²) in [7, 11) is 0. The van der Waals surface area contributed by atoms with E-state index in [4.69, 9.17) is 39.5 Å². The lowest BCUT2D eigenvalue weighted by molar-refractivity contribution is 0.340. The van der Waals surface area contributed by atoms with E-state index >= 15 is 0 Å². The molecule has 0 aromatic heterocycles. The summed E-state index contributed by atoms with van der Waals surface area (Å²) in [5.74, 6) is 0.530. The molecule has 2 rings (SSSR count). The van der Waals surface area contributed by atoms with E-state index in [1.54, 1.807) is 0 Å². The van der Waals surface area contributed by atoms with Crippen molar-refractivity contribution in [3.05, 3.63) is 57.0 Å². The zero-order valence-corrected chi connectivity index (χ0v) is 14.4. The molecule has 0 spiro atoms. The largest absolute Gasteiger partial charge is 0.491 e. The highest BCUT2D eigenvalue weighted by Gasteiger charge is 2.09. The third-order valence-electron chi connectivity index (χ3n) is 2.67. The van der Waals surface area contributed by atoms with Crippen LogP contribution in [0, 0.1) is 0 Å². The summed E-state index contributed by atoms with van der Waals surface area (Å²) < 4.78 is 5.40. The van der Waals surface area contributed by atoms with Crippen molar-refractivity contribution in [2.45, 2.75) is 13.5 Å². The van der Waals surface area contributed by atoms with Crippen molar-refractivity contribution in [1.29, 1.82) is 0 Å². The maximum Gasteiger partial charge on any atom is 0.156 e. The fourth-order valence-corrected chi connectivity index (χ4v) is 2.63. The van der Waals surface area contributed by atoms with Gasteiger partial charge >= 0.3 is 0 Å². The predicted octanol–water partition coefficient (Wildman–Crippen LogP) is 6.08. The van der Waals surface area contributed by atoms with Crippen LogP contribution in [0.25, 0.3) is 0 Å². The van der Waals surface area contributed by atoms with Crippen molar-refractivity contribution in [3.63, 3.8) is 0 Å². The van der Waals surface area contributed by atoms with Gasteiger partial charge in [-0.25, -0.2) is 0 Å². The van der Waals surface area contributed by atoms with Gasteiger partial charge in [-0.05, 0) is 42.8 Å². The molecule has 0 amide bonds. The van der Waals surface area contributed by atoms with Crippen molar-refractivity contribution in [2.75, 3.05) is 11.9 Å². The molecule has 0 saturated heterocycles. The predicted molar refractivity (Wildman–Crippen MR) is 93.7 cm³/mol. The molecule has 2 nitrogen and oxygen atoms in total. The Morgan fingerprint density at radius 2 is 1.71 bits per heavy atom.